The Morgan fingerprint density at radius 1 is 0.929 bits per heavy atom. The number of aryl methyl sites for hydroxylation is 2. The lowest BCUT2D eigenvalue weighted by molar-refractivity contribution is 1.01. The van der Waals surface area contributed by atoms with Gasteiger partial charge in [-0.1, -0.05) is 55.9 Å². The number of hydrogen-bond donors (Lipinski definition) is 0. The summed E-state index contributed by atoms with van der Waals surface area (Å²) in [7, 11) is -1.05. The highest BCUT2D eigenvalue weighted by Crippen LogP contribution is 2.27. The lowest BCUT2D eigenvalue weighted by Crippen LogP contribution is -2.28. The van der Waals surface area contributed by atoms with Gasteiger partial charge in [-0.3, -0.25) is 0 Å². The standard InChI is InChI=1S/C13H22Si/c1-10-7-11(2)9-13(8-10)12(3)14(4,5)6/h7-9,12H,1-6H3. The average molecular weight is 206 g/mol. The van der Waals surface area contributed by atoms with Crippen molar-refractivity contribution in [3.05, 3.63) is 34.9 Å². The molecule has 1 aromatic rings. The Morgan fingerprint density at radius 2 is 1.36 bits per heavy atom. The molecule has 0 spiro atoms. The van der Waals surface area contributed by atoms with E-state index in [4.69, 9.17) is 0 Å². The molecule has 0 aromatic heterocycles. The van der Waals surface area contributed by atoms with Gasteiger partial charge in [0.2, 0.25) is 0 Å². The van der Waals surface area contributed by atoms with Gasteiger partial charge < -0.3 is 0 Å². The van der Waals surface area contributed by atoms with Crippen molar-refractivity contribution in [2.45, 2.75) is 46.0 Å². The summed E-state index contributed by atoms with van der Waals surface area (Å²) in [6.45, 7) is 14.1. The largest absolute Gasteiger partial charge is 0.0691 e. The van der Waals surface area contributed by atoms with Crippen LogP contribution in [0.25, 0.3) is 0 Å². The molecule has 0 radical (unpaired) electrons. The highest BCUT2D eigenvalue weighted by molar-refractivity contribution is 6.77. The Labute approximate surface area is 89.4 Å². The maximum absolute atomic E-state index is 2.44. The maximum atomic E-state index is 2.44. The maximum Gasteiger partial charge on any atom is 0.0518 e. The van der Waals surface area contributed by atoms with E-state index in [0.29, 0.717) is 0 Å². The summed E-state index contributed by atoms with van der Waals surface area (Å²) in [5.41, 5.74) is 5.07. The van der Waals surface area contributed by atoms with E-state index < -0.39 is 8.07 Å². The molecule has 0 saturated heterocycles. The molecule has 14 heavy (non-hydrogen) atoms. The Bertz CT molecular complexity index is 300. The van der Waals surface area contributed by atoms with Crippen molar-refractivity contribution in [1.29, 1.82) is 0 Å². The van der Waals surface area contributed by atoms with Crippen LogP contribution in [0, 0.1) is 13.8 Å². The molecule has 78 valence electrons. The van der Waals surface area contributed by atoms with Gasteiger partial charge in [-0.15, -0.1) is 0 Å². The predicted molar refractivity (Wildman–Crippen MR) is 67.7 cm³/mol. The molecule has 0 saturated carbocycles. The highest BCUT2D eigenvalue weighted by atomic mass is 28.3. The van der Waals surface area contributed by atoms with Crippen LogP contribution in [-0.2, 0) is 0 Å². The second-order valence-electron chi connectivity index (χ2n) is 5.51. The molecule has 0 amide bonds. The van der Waals surface area contributed by atoms with Crippen LogP contribution < -0.4 is 0 Å². The van der Waals surface area contributed by atoms with E-state index in [-0.39, 0.29) is 0 Å². The summed E-state index contributed by atoms with van der Waals surface area (Å²) in [5, 5.41) is 0. The van der Waals surface area contributed by atoms with Crippen molar-refractivity contribution in [1.82, 2.24) is 0 Å². The third kappa shape index (κ3) is 2.71. The third-order valence-electron chi connectivity index (χ3n) is 3.04. The van der Waals surface area contributed by atoms with Crippen molar-refractivity contribution < 1.29 is 0 Å². The van der Waals surface area contributed by atoms with Gasteiger partial charge in [0.1, 0.15) is 0 Å². The second kappa shape index (κ2) is 3.89. The molecular formula is C13H22Si. The van der Waals surface area contributed by atoms with E-state index in [1.807, 2.05) is 0 Å². The van der Waals surface area contributed by atoms with Crippen LogP contribution >= 0.6 is 0 Å². The van der Waals surface area contributed by atoms with Crippen molar-refractivity contribution in [3.8, 4) is 0 Å². The molecule has 0 aliphatic carbocycles. The van der Waals surface area contributed by atoms with Crippen LogP contribution in [-0.4, -0.2) is 8.07 Å². The van der Waals surface area contributed by atoms with Gasteiger partial charge in [-0.05, 0) is 25.0 Å². The van der Waals surface area contributed by atoms with Crippen molar-refractivity contribution in [3.63, 3.8) is 0 Å². The summed E-state index contributed by atoms with van der Waals surface area (Å²) in [4.78, 5) is 0. The van der Waals surface area contributed by atoms with Crippen LogP contribution in [0.3, 0.4) is 0 Å². The molecule has 0 aliphatic rings. The topological polar surface area (TPSA) is 0 Å². The van der Waals surface area contributed by atoms with Crippen LogP contribution in [0.15, 0.2) is 18.2 Å². The van der Waals surface area contributed by atoms with Gasteiger partial charge in [0.25, 0.3) is 0 Å². The quantitative estimate of drug-likeness (QED) is 0.633. The molecule has 0 heterocycles. The zero-order chi connectivity index (χ0) is 10.9. The van der Waals surface area contributed by atoms with Gasteiger partial charge in [0, 0.05) is 0 Å². The lowest BCUT2D eigenvalue weighted by atomic mass is 10.1. The first-order valence-electron chi connectivity index (χ1n) is 5.39. The Kier molecular flexibility index (Phi) is 3.20. The fourth-order valence-electron chi connectivity index (χ4n) is 1.76. The van der Waals surface area contributed by atoms with Crippen molar-refractivity contribution in [2.75, 3.05) is 0 Å². The summed E-state index contributed by atoms with van der Waals surface area (Å²) in [6, 6.07) is 6.94. The van der Waals surface area contributed by atoms with E-state index in [0.717, 1.165) is 5.54 Å². The van der Waals surface area contributed by atoms with E-state index in [2.05, 4.69) is 58.6 Å². The van der Waals surface area contributed by atoms with Gasteiger partial charge in [0.15, 0.2) is 0 Å². The zero-order valence-corrected chi connectivity index (χ0v) is 11.3. The first kappa shape index (κ1) is 11.5. The van der Waals surface area contributed by atoms with Gasteiger partial charge in [-0.2, -0.15) is 0 Å². The molecule has 0 fully saturated rings. The number of rotatable bonds is 2. The van der Waals surface area contributed by atoms with E-state index >= 15 is 0 Å². The average Bonchev–Trinajstić information content (AvgIpc) is 1.99. The van der Waals surface area contributed by atoms with Gasteiger partial charge >= 0.3 is 0 Å². The molecule has 0 nitrogen and oxygen atoms in total. The third-order valence-corrected chi connectivity index (χ3v) is 5.97. The molecule has 0 N–H and O–H groups in total. The normalized spacial score (nSPS) is 14.1. The summed E-state index contributed by atoms with van der Waals surface area (Å²) in [5.74, 6) is 0. The van der Waals surface area contributed by atoms with Crippen LogP contribution in [0.1, 0.15) is 29.2 Å². The smallest absolute Gasteiger partial charge is 0.0518 e. The molecule has 0 aliphatic heterocycles. The lowest BCUT2D eigenvalue weighted by Gasteiger charge is -2.26. The Balaban J connectivity index is 3.07. The van der Waals surface area contributed by atoms with Gasteiger partial charge in [-0.25, -0.2) is 0 Å². The summed E-state index contributed by atoms with van der Waals surface area (Å²) in [6.07, 6.45) is 0. The molecule has 0 bridgehead atoms. The van der Waals surface area contributed by atoms with Gasteiger partial charge in [0.05, 0.1) is 8.07 Å². The van der Waals surface area contributed by atoms with Crippen LogP contribution in [0.2, 0.25) is 19.6 Å². The highest BCUT2D eigenvalue weighted by Gasteiger charge is 2.23. The van der Waals surface area contributed by atoms with E-state index in [1.165, 1.54) is 16.7 Å². The molecule has 1 atom stereocenters. The number of benzene rings is 1. The van der Waals surface area contributed by atoms with E-state index in [1.54, 1.807) is 0 Å². The van der Waals surface area contributed by atoms with Crippen LogP contribution in [0.4, 0.5) is 0 Å². The molecule has 1 rings (SSSR count). The molecule has 1 unspecified atom stereocenters. The molecule has 1 heteroatoms. The first-order chi connectivity index (χ1) is 6.30. The Morgan fingerprint density at radius 3 is 1.71 bits per heavy atom. The summed E-state index contributed by atoms with van der Waals surface area (Å²) < 4.78 is 0. The second-order valence-corrected chi connectivity index (χ2v) is 11.1. The molecule has 1 aromatic carbocycles. The fraction of sp³-hybridized carbons (Fsp3) is 0.538. The predicted octanol–water partition coefficient (Wildman–Crippen LogP) is 4.28. The minimum absolute atomic E-state index is 0.751. The number of hydrogen-bond acceptors (Lipinski definition) is 0. The molecular weight excluding hydrogens is 184 g/mol. The summed E-state index contributed by atoms with van der Waals surface area (Å²) >= 11 is 0. The SMILES string of the molecule is Cc1cc(C)cc(C(C)[Si](C)(C)C)c1. The van der Waals surface area contributed by atoms with Crippen LogP contribution in [0.5, 0.6) is 0 Å². The minimum atomic E-state index is -1.05. The first-order valence-corrected chi connectivity index (χ1v) is 8.96. The zero-order valence-electron chi connectivity index (χ0n) is 10.3. The minimum Gasteiger partial charge on any atom is -0.0691 e. The monoisotopic (exact) mass is 206 g/mol. The van der Waals surface area contributed by atoms with Crippen molar-refractivity contribution in [2.24, 2.45) is 0 Å². The van der Waals surface area contributed by atoms with E-state index in [9.17, 15) is 0 Å². The fourth-order valence-corrected chi connectivity index (χ4v) is 2.93. The van der Waals surface area contributed by atoms with Crippen molar-refractivity contribution >= 4 is 8.07 Å². The Hall–Kier alpha value is -0.563.